The van der Waals surface area contributed by atoms with Crippen molar-refractivity contribution in [3.05, 3.63) is 0 Å². The van der Waals surface area contributed by atoms with Crippen molar-refractivity contribution < 1.29 is 29.3 Å². The molecule has 6 nitrogen and oxygen atoms in total. The van der Waals surface area contributed by atoms with Crippen LogP contribution in [0.25, 0.3) is 0 Å². The van der Waals surface area contributed by atoms with Gasteiger partial charge in [0, 0.05) is 26.1 Å². The fourth-order valence-corrected chi connectivity index (χ4v) is 3.32. The van der Waals surface area contributed by atoms with Gasteiger partial charge in [-0.2, -0.15) is 0 Å². The van der Waals surface area contributed by atoms with Crippen molar-refractivity contribution in [1.82, 2.24) is 0 Å². The molecule has 0 unspecified atom stereocenters. The first-order valence-electron chi connectivity index (χ1n) is 9.17. The number of methoxy groups -OCH3 is 1. The molecule has 0 aromatic rings. The molecule has 0 atom stereocenters. The number of aliphatic hydroxyl groups excluding tert-OH is 2. The van der Waals surface area contributed by atoms with E-state index < -0.39 is 0 Å². The number of aliphatic hydroxyl groups is 2. The number of hydrogen-bond acceptors (Lipinski definition) is 6. The highest BCUT2D eigenvalue weighted by atomic mass is 16.6. The van der Waals surface area contributed by atoms with E-state index in [-0.39, 0.29) is 30.8 Å². The second-order valence-corrected chi connectivity index (χ2v) is 8.34. The van der Waals surface area contributed by atoms with Crippen LogP contribution in [-0.4, -0.2) is 48.1 Å². The van der Waals surface area contributed by atoms with Crippen LogP contribution in [0.4, 0.5) is 0 Å². The van der Waals surface area contributed by atoms with Crippen LogP contribution in [0.15, 0.2) is 0 Å². The molecule has 2 rings (SSSR count). The zero-order valence-electron chi connectivity index (χ0n) is 16.0. The summed E-state index contributed by atoms with van der Waals surface area (Å²) in [4.78, 5) is 22.1. The van der Waals surface area contributed by atoms with Crippen molar-refractivity contribution in [2.45, 2.75) is 64.9 Å². The number of hydrogen-bond donors (Lipinski definition) is 2. The Kier molecular flexibility index (Phi) is 8.86. The Hall–Kier alpha value is -1.14. The lowest BCUT2D eigenvalue weighted by molar-refractivity contribution is -0.157. The van der Waals surface area contributed by atoms with Gasteiger partial charge >= 0.3 is 11.9 Å². The quantitative estimate of drug-likeness (QED) is 0.708. The van der Waals surface area contributed by atoms with Crippen molar-refractivity contribution in [3.8, 4) is 0 Å². The smallest absolute Gasteiger partial charge is 0.306 e. The molecule has 0 spiro atoms. The van der Waals surface area contributed by atoms with E-state index in [0.717, 1.165) is 25.7 Å². The number of rotatable bonds is 6. The summed E-state index contributed by atoms with van der Waals surface area (Å²) < 4.78 is 9.74. The lowest BCUT2D eigenvalue weighted by Crippen LogP contribution is -2.31. The summed E-state index contributed by atoms with van der Waals surface area (Å²) in [5.74, 6) is 1.50. The maximum absolute atomic E-state index is 11.4. The SMILES string of the molecule is CC(C)(C)OC(=O)CC1CC(CO)C1.COC(=O)CC1CC(CO)C1. The molecule has 2 N–H and O–H groups in total. The molecule has 0 heterocycles. The molecule has 0 aromatic heterocycles. The number of esters is 2. The normalized spacial score (nSPS) is 27.9. The fraction of sp³-hybridized carbons (Fsp3) is 0.895. The maximum Gasteiger partial charge on any atom is 0.306 e. The molecule has 6 heteroatoms. The maximum atomic E-state index is 11.4. The second kappa shape index (κ2) is 10.1. The predicted octanol–water partition coefficient (Wildman–Crippen LogP) is 2.30. The molecular weight excluding hydrogens is 324 g/mol. The molecule has 2 aliphatic carbocycles. The Balaban J connectivity index is 0.000000257. The third-order valence-corrected chi connectivity index (χ3v) is 4.74. The standard InChI is InChI=1S/C11H20O3.C8H14O3/c1-11(2,3)14-10(13)6-8-4-9(5-8)7-12;1-11-8(10)4-6-2-7(3-6)5-9/h8-9,12H,4-7H2,1-3H3;6-7,9H,2-5H2,1H3. The largest absolute Gasteiger partial charge is 0.469 e. The van der Waals surface area contributed by atoms with Crippen LogP contribution in [0.5, 0.6) is 0 Å². The first-order chi connectivity index (χ1) is 11.7. The monoisotopic (exact) mass is 358 g/mol. The first kappa shape index (κ1) is 21.9. The highest BCUT2D eigenvalue weighted by Gasteiger charge is 2.31. The average molecular weight is 358 g/mol. The van der Waals surface area contributed by atoms with Gasteiger partial charge in [-0.05, 0) is 70.1 Å². The van der Waals surface area contributed by atoms with Crippen LogP contribution in [0.1, 0.15) is 59.3 Å². The summed E-state index contributed by atoms with van der Waals surface area (Å²) in [5, 5.41) is 17.5. The van der Waals surface area contributed by atoms with Gasteiger partial charge in [0.1, 0.15) is 5.60 Å². The molecule has 0 aliphatic heterocycles. The van der Waals surface area contributed by atoms with E-state index in [1.54, 1.807) is 0 Å². The van der Waals surface area contributed by atoms with Crippen LogP contribution < -0.4 is 0 Å². The molecule has 0 saturated heterocycles. The van der Waals surface area contributed by atoms with Gasteiger partial charge in [0.05, 0.1) is 7.11 Å². The van der Waals surface area contributed by atoms with Crippen LogP contribution >= 0.6 is 0 Å². The molecule has 2 saturated carbocycles. The van der Waals surface area contributed by atoms with Crippen LogP contribution in [0.3, 0.4) is 0 Å². The van der Waals surface area contributed by atoms with Crippen molar-refractivity contribution in [2.75, 3.05) is 20.3 Å². The third-order valence-electron chi connectivity index (χ3n) is 4.74. The summed E-state index contributed by atoms with van der Waals surface area (Å²) in [6.07, 6.45) is 4.92. The number of carbonyl (C=O) groups excluding carboxylic acids is 2. The van der Waals surface area contributed by atoms with Crippen molar-refractivity contribution in [3.63, 3.8) is 0 Å². The Bertz CT molecular complexity index is 416. The minimum absolute atomic E-state index is 0.112. The van der Waals surface area contributed by atoms with Crippen molar-refractivity contribution in [1.29, 1.82) is 0 Å². The molecule has 146 valence electrons. The Morgan fingerprint density at radius 3 is 1.56 bits per heavy atom. The van der Waals surface area contributed by atoms with Gasteiger partial charge in [-0.25, -0.2) is 0 Å². The van der Waals surface area contributed by atoms with E-state index in [9.17, 15) is 9.59 Å². The van der Waals surface area contributed by atoms with Crippen molar-refractivity contribution in [2.24, 2.45) is 23.7 Å². The second-order valence-electron chi connectivity index (χ2n) is 8.34. The summed E-state index contributed by atoms with van der Waals surface area (Å²) >= 11 is 0. The Morgan fingerprint density at radius 1 is 0.840 bits per heavy atom. The van der Waals surface area contributed by atoms with Gasteiger partial charge in [0.25, 0.3) is 0 Å². The van der Waals surface area contributed by atoms with Crippen molar-refractivity contribution >= 4 is 11.9 Å². The third kappa shape index (κ3) is 8.68. The summed E-state index contributed by atoms with van der Waals surface area (Å²) in [6.45, 7) is 6.15. The average Bonchev–Trinajstić information content (AvgIpc) is 2.44. The fourth-order valence-electron chi connectivity index (χ4n) is 3.32. The molecular formula is C19H34O6. The summed E-state index contributed by atoms with van der Waals surface area (Å²) in [5.41, 5.74) is -0.378. The molecule has 2 aliphatic rings. The minimum atomic E-state index is -0.378. The Labute approximate surface area is 150 Å². The predicted molar refractivity (Wildman–Crippen MR) is 93.7 cm³/mol. The van der Waals surface area contributed by atoms with Crippen LogP contribution in [0, 0.1) is 23.7 Å². The molecule has 25 heavy (non-hydrogen) atoms. The van der Waals surface area contributed by atoms with E-state index in [1.165, 1.54) is 7.11 Å². The summed E-state index contributed by atoms with van der Waals surface area (Å²) in [6, 6.07) is 0. The van der Waals surface area contributed by atoms with Gasteiger partial charge < -0.3 is 19.7 Å². The topological polar surface area (TPSA) is 93.1 Å². The Morgan fingerprint density at radius 2 is 1.24 bits per heavy atom. The van der Waals surface area contributed by atoms with Crippen LogP contribution in [0.2, 0.25) is 0 Å². The highest BCUT2D eigenvalue weighted by Crippen LogP contribution is 2.36. The summed E-state index contributed by atoms with van der Waals surface area (Å²) in [7, 11) is 1.41. The zero-order valence-corrected chi connectivity index (χ0v) is 16.0. The van der Waals surface area contributed by atoms with Crippen LogP contribution in [-0.2, 0) is 19.1 Å². The molecule has 0 radical (unpaired) electrons. The highest BCUT2D eigenvalue weighted by molar-refractivity contribution is 5.70. The molecule has 0 bridgehead atoms. The zero-order chi connectivity index (χ0) is 19.0. The number of ether oxygens (including phenoxy) is 2. The van der Waals surface area contributed by atoms with E-state index in [2.05, 4.69) is 4.74 Å². The van der Waals surface area contributed by atoms with E-state index in [1.807, 2.05) is 20.8 Å². The van der Waals surface area contributed by atoms with Gasteiger partial charge in [-0.1, -0.05) is 0 Å². The molecule has 2 fully saturated rings. The minimum Gasteiger partial charge on any atom is -0.469 e. The lowest BCUT2D eigenvalue weighted by atomic mass is 9.74. The first-order valence-corrected chi connectivity index (χ1v) is 9.17. The molecule has 0 aromatic carbocycles. The lowest BCUT2D eigenvalue weighted by Gasteiger charge is -2.34. The molecule has 0 amide bonds. The van der Waals surface area contributed by atoms with Gasteiger partial charge in [-0.15, -0.1) is 0 Å². The van der Waals surface area contributed by atoms with E-state index >= 15 is 0 Å². The van der Waals surface area contributed by atoms with E-state index in [4.69, 9.17) is 14.9 Å². The van der Waals surface area contributed by atoms with Gasteiger partial charge in [-0.3, -0.25) is 9.59 Å². The number of carbonyl (C=O) groups is 2. The van der Waals surface area contributed by atoms with Gasteiger partial charge in [0.15, 0.2) is 0 Å². The van der Waals surface area contributed by atoms with Gasteiger partial charge in [0.2, 0.25) is 0 Å². The van der Waals surface area contributed by atoms with E-state index in [0.29, 0.717) is 36.5 Å².